The Morgan fingerprint density at radius 1 is 0.339 bits per heavy atom. The average Bonchev–Trinajstić information content (AvgIpc) is 3.28. The summed E-state index contributed by atoms with van der Waals surface area (Å²) in [5.74, 6) is -0.137. The van der Waals surface area contributed by atoms with Crippen LogP contribution in [-0.4, -0.2) is 46.1 Å². The molecule has 0 heterocycles. The first-order valence-electron chi connectivity index (χ1n) is 28.8. The smallest absolute Gasteiger partial charge is 0.220 e. The molecule has 0 aromatic rings. The molecule has 0 rings (SSSR count). The molecule has 0 fully saturated rings. The van der Waals surface area contributed by atoms with Crippen LogP contribution in [0.3, 0.4) is 0 Å². The van der Waals surface area contributed by atoms with E-state index in [0.29, 0.717) is 12.8 Å². The lowest BCUT2D eigenvalue weighted by Gasteiger charge is -2.26. The zero-order chi connectivity index (χ0) is 45.1. The SMILES string of the molecule is CCCCCCCCCCCCCCCCCCCCCCCCCCCCCCCCCCCCCC(=O)NC(CO)C(O)C(O)CCCCCCCCCCCCCCC. The van der Waals surface area contributed by atoms with E-state index in [0.717, 1.165) is 32.1 Å². The first-order chi connectivity index (χ1) is 30.6. The van der Waals surface area contributed by atoms with E-state index >= 15 is 0 Å². The molecule has 0 aromatic carbocycles. The van der Waals surface area contributed by atoms with Gasteiger partial charge in [0.1, 0.15) is 6.10 Å². The fourth-order valence-electron chi connectivity index (χ4n) is 9.52. The molecule has 3 atom stereocenters. The molecule has 5 nitrogen and oxygen atoms in total. The van der Waals surface area contributed by atoms with Gasteiger partial charge in [-0.3, -0.25) is 4.79 Å². The second kappa shape index (κ2) is 53.0. The summed E-state index contributed by atoms with van der Waals surface area (Å²) in [6.07, 6.45) is 64.2. The standard InChI is InChI=1S/C57H115NO4/c1-3-5-7-9-11-13-15-17-18-19-20-21-22-23-24-25-26-27-28-29-30-31-32-33-34-35-36-37-38-40-42-44-46-48-50-52-56(61)58-54(53-59)57(62)55(60)51-49-47-45-43-41-39-16-14-12-10-8-6-4-2/h54-55,57,59-60,62H,3-53H2,1-2H3,(H,58,61). The lowest BCUT2D eigenvalue weighted by molar-refractivity contribution is -0.124. The highest BCUT2D eigenvalue weighted by molar-refractivity contribution is 5.76. The van der Waals surface area contributed by atoms with Crippen molar-refractivity contribution in [2.24, 2.45) is 0 Å². The van der Waals surface area contributed by atoms with Gasteiger partial charge in [0.2, 0.25) is 5.91 Å². The lowest BCUT2D eigenvalue weighted by Crippen LogP contribution is -2.50. The maximum Gasteiger partial charge on any atom is 0.220 e. The number of hydrogen-bond acceptors (Lipinski definition) is 4. The largest absolute Gasteiger partial charge is 0.394 e. The van der Waals surface area contributed by atoms with Crippen LogP contribution >= 0.6 is 0 Å². The minimum Gasteiger partial charge on any atom is -0.394 e. The number of aliphatic hydroxyl groups excluding tert-OH is 3. The zero-order valence-corrected chi connectivity index (χ0v) is 42.5. The van der Waals surface area contributed by atoms with Crippen molar-refractivity contribution in [3.63, 3.8) is 0 Å². The van der Waals surface area contributed by atoms with Gasteiger partial charge in [-0.1, -0.05) is 316 Å². The molecule has 0 radical (unpaired) electrons. The third-order valence-corrected chi connectivity index (χ3v) is 14.0. The van der Waals surface area contributed by atoms with E-state index in [1.165, 1.54) is 276 Å². The van der Waals surface area contributed by atoms with Crippen molar-refractivity contribution in [2.45, 2.75) is 353 Å². The van der Waals surface area contributed by atoms with E-state index < -0.39 is 18.2 Å². The van der Waals surface area contributed by atoms with Crippen LogP contribution in [0.25, 0.3) is 0 Å². The monoisotopic (exact) mass is 878 g/mol. The van der Waals surface area contributed by atoms with Crippen LogP contribution in [-0.2, 0) is 4.79 Å². The quantitative estimate of drug-likeness (QED) is 0.0458. The molecule has 0 spiro atoms. The summed E-state index contributed by atoms with van der Waals surface area (Å²) in [4.78, 5) is 12.5. The highest BCUT2D eigenvalue weighted by atomic mass is 16.3. The molecule has 0 bridgehead atoms. The predicted octanol–water partition coefficient (Wildman–Crippen LogP) is 17.7. The number of carbonyl (C=O) groups is 1. The van der Waals surface area contributed by atoms with Crippen molar-refractivity contribution in [3.05, 3.63) is 0 Å². The normalized spacial score (nSPS) is 13.2. The van der Waals surface area contributed by atoms with Gasteiger partial charge in [0.15, 0.2) is 0 Å². The maximum absolute atomic E-state index is 12.5. The van der Waals surface area contributed by atoms with E-state index in [1.54, 1.807) is 0 Å². The Hall–Kier alpha value is -0.650. The van der Waals surface area contributed by atoms with Crippen molar-refractivity contribution in [2.75, 3.05) is 6.61 Å². The Morgan fingerprint density at radius 3 is 0.774 bits per heavy atom. The van der Waals surface area contributed by atoms with Crippen LogP contribution in [0.2, 0.25) is 0 Å². The fourth-order valence-corrected chi connectivity index (χ4v) is 9.52. The van der Waals surface area contributed by atoms with Crippen LogP contribution in [0, 0.1) is 0 Å². The van der Waals surface area contributed by atoms with E-state index in [9.17, 15) is 20.1 Å². The van der Waals surface area contributed by atoms with Gasteiger partial charge in [0, 0.05) is 6.42 Å². The molecule has 372 valence electrons. The number of amides is 1. The topological polar surface area (TPSA) is 89.8 Å². The molecule has 3 unspecified atom stereocenters. The molecule has 0 aliphatic carbocycles. The summed E-state index contributed by atoms with van der Waals surface area (Å²) in [5, 5.41) is 33.7. The van der Waals surface area contributed by atoms with Gasteiger partial charge < -0.3 is 20.6 Å². The second-order valence-corrected chi connectivity index (χ2v) is 20.2. The van der Waals surface area contributed by atoms with Crippen LogP contribution < -0.4 is 5.32 Å². The van der Waals surface area contributed by atoms with Gasteiger partial charge in [0.25, 0.3) is 0 Å². The van der Waals surface area contributed by atoms with Gasteiger partial charge in [-0.25, -0.2) is 0 Å². The Morgan fingerprint density at radius 2 is 0.548 bits per heavy atom. The van der Waals surface area contributed by atoms with Crippen LogP contribution in [0.15, 0.2) is 0 Å². The minimum atomic E-state index is -1.13. The van der Waals surface area contributed by atoms with Crippen LogP contribution in [0.4, 0.5) is 0 Å². The first-order valence-corrected chi connectivity index (χ1v) is 28.8. The molecular formula is C57H115NO4. The van der Waals surface area contributed by atoms with Gasteiger partial charge in [-0.2, -0.15) is 0 Å². The Balaban J connectivity index is 3.40. The minimum absolute atomic E-state index is 0.137. The second-order valence-electron chi connectivity index (χ2n) is 20.2. The number of rotatable bonds is 54. The third kappa shape index (κ3) is 47.3. The fraction of sp³-hybridized carbons (Fsp3) is 0.982. The molecule has 1 amide bonds. The maximum atomic E-state index is 12.5. The number of nitrogens with one attached hydrogen (secondary N) is 1. The summed E-state index contributed by atoms with van der Waals surface area (Å²) in [6.45, 7) is 4.21. The van der Waals surface area contributed by atoms with Crippen LogP contribution in [0.5, 0.6) is 0 Å². The van der Waals surface area contributed by atoms with E-state index in [2.05, 4.69) is 19.2 Å². The summed E-state index contributed by atoms with van der Waals surface area (Å²) in [5.41, 5.74) is 0. The van der Waals surface area contributed by atoms with Crippen molar-refractivity contribution in [1.82, 2.24) is 5.32 Å². The zero-order valence-electron chi connectivity index (χ0n) is 42.5. The molecule has 0 saturated carbocycles. The highest BCUT2D eigenvalue weighted by Gasteiger charge is 2.26. The van der Waals surface area contributed by atoms with Gasteiger partial charge in [-0.15, -0.1) is 0 Å². The lowest BCUT2D eigenvalue weighted by atomic mass is 9.99. The van der Waals surface area contributed by atoms with Gasteiger partial charge >= 0.3 is 0 Å². The Labute approximate surface area is 389 Å². The van der Waals surface area contributed by atoms with Crippen LogP contribution in [0.1, 0.15) is 335 Å². The summed E-state index contributed by atoms with van der Waals surface area (Å²) in [6, 6.07) is -0.803. The molecule has 0 aromatic heterocycles. The number of hydrogen-bond donors (Lipinski definition) is 4. The van der Waals surface area contributed by atoms with Gasteiger partial charge in [-0.05, 0) is 12.8 Å². The molecule has 0 aliphatic rings. The first kappa shape index (κ1) is 61.4. The van der Waals surface area contributed by atoms with E-state index in [1.807, 2.05) is 0 Å². The van der Waals surface area contributed by atoms with Crippen molar-refractivity contribution in [3.8, 4) is 0 Å². The van der Waals surface area contributed by atoms with E-state index in [4.69, 9.17) is 0 Å². The predicted molar refractivity (Wildman–Crippen MR) is 273 cm³/mol. The third-order valence-electron chi connectivity index (χ3n) is 14.0. The summed E-state index contributed by atoms with van der Waals surface area (Å²) < 4.78 is 0. The molecule has 0 aliphatic heterocycles. The van der Waals surface area contributed by atoms with E-state index in [-0.39, 0.29) is 12.5 Å². The number of carbonyl (C=O) groups excluding carboxylic acids is 1. The molecule has 5 heteroatoms. The Kier molecular flexibility index (Phi) is 52.4. The average molecular weight is 879 g/mol. The Bertz CT molecular complexity index is 838. The summed E-state index contributed by atoms with van der Waals surface area (Å²) in [7, 11) is 0. The van der Waals surface area contributed by atoms with Crippen molar-refractivity contribution < 1.29 is 20.1 Å². The highest BCUT2D eigenvalue weighted by Crippen LogP contribution is 2.19. The summed E-state index contributed by atoms with van der Waals surface area (Å²) >= 11 is 0. The van der Waals surface area contributed by atoms with Crippen molar-refractivity contribution in [1.29, 1.82) is 0 Å². The molecule has 62 heavy (non-hydrogen) atoms. The van der Waals surface area contributed by atoms with Gasteiger partial charge in [0.05, 0.1) is 18.8 Å². The molecule has 0 saturated heterocycles. The van der Waals surface area contributed by atoms with Crippen molar-refractivity contribution >= 4 is 5.91 Å². The molecule has 4 N–H and O–H groups in total. The number of aliphatic hydroxyl groups is 3. The number of unbranched alkanes of at least 4 members (excludes halogenated alkanes) is 46. The molecular weight excluding hydrogens is 763 g/mol.